The number of rotatable bonds is 16. The number of halogens is 4. The molecule has 8 N–H and O–H groups in total. The molecule has 133 heavy (non-hydrogen) atoms. The van der Waals surface area contributed by atoms with Crippen molar-refractivity contribution >= 4 is 162 Å². The minimum atomic E-state index is -0.345. The predicted molar refractivity (Wildman–Crippen MR) is 525 cm³/mol. The van der Waals surface area contributed by atoms with Crippen molar-refractivity contribution in [2.75, 3.05) is 76.3 Å². The molecule has 0 unspecified atom stereocenters. The number of likely N-dealkylation sites (tertiary alicyclic amines) is 3. The Morgan fingerprint density at radius 1 is 0.353 bits per heavy atom. The van der Waals surface area contributed by atoms with Gasteiger partial charge in [-0.05, 0) is 191 Å². The second-order valence-corrected chi connectivity index (χ2v) is 33.4. The molecule has 656 valence electrons. The van der Waals surface area contributed by atoms with Gasteiger partial charge in [0.15, 0.2) is 22.6 Å². The second-order valence-electron chi connectivity index (χ2n) is 31.6. The number of aromatic nitrogens is 12. The van der Waals surface area contributed by atoms with Crippen LogP contribution < -0.4 is 22.9 Å². The zero-order valence-corrected chi connectivity index (χ0v) is 74.8. The lowest BCUT2D eigenvalue weighted by atomic mass is 10.0. The number of carbonyl (C=O) groups is 4. The van der Waals surface area contributed by atoms with E-state index in [1.54, 1.807) is 53.1 Å². The fourth-order valence-electron chi connectivity index (χ4n) is 15.8. The number of hydrogen-bond acceptors (Lipinski definition) is 16. The van der Waals surface area contributed by atoms with Crippen molar-refractivity contribution in [3.8, 4) is 67.3 Å². The minimum absolute atomic E-state index is 0.0398. The first-order valence-corrected chi connectivity index (χ1v) is 43.3. The summed E-state index contributed by atoms with van der Waals surface area (Å²) in [5.74, 6) is 0.999. The Balaban J connectivity index is 0.000000129. The first-order valence-electron chi connectivity index (χ1n) is 41.8. The summed E-state index contributed by atoms with van der Waals surface area (Å²) in [5.41, 5.74) is 41.5. The number of carbonyl (C=O) groups excluding carboxylic acids is 4. The van der Waals surface area contributed by atoms with Crippen molar-refractivity contribution in [1.82, 2.24) is 77.7 Å². The molecule has 3 fully saturated rings. The van der Waals surface area contributed by atoms with Crippen molar-refractivity contribution in [3.05, 3.63) is 355 Å². The van der Waals surface area contributed by atoms with Crippen LogP contribution >= 0.6 is 46.4 Å². The monoisotopic (exact) mass is 1830 g/mol. The molecular formula is C101H80Cl4N24O4. The number of anilines is 4. The van der Waals surface area contributed by atoms with E-state index in [9.17, 15) is 19.2 Å². The number of amides is 4. The van der Waals surface area contributed by atoms with E-state index >= 15 is 0 Å². The standard InChI is InChI=1S/2C26H21ClN6O.C25H19ClN6O.C24H19ClN6O/c1-16-12-32(13-16)26(34)22(29-2)11-17-4-3-5-20(10-17)33-14-21(18-6-8-19(27)9-7-18)23-24(28)30-15-31-25(23)33;1-29-22(26(34)32-11-2-3-12-32)14-17-5-4-6-20(13-17)33-15-21(18-7-9-19(27)10-8-18)23-24(28)30-16-31-25(23)33;1-28-21(25(33)31-10-3-11-31)13-16-4-2-5-19(12-16)32-14-20(17-6-8-18(26)9-7-17)22-23(27)29-15-30-24(22)32;1-27-20(24(32)30(2)3)12-15-5-4-6-18(11-15)31-13-19(16-7-9-17(25)10-8-16)21-22(26)28-14-29-23(21)31/h3-11,14-16H,12-13H2,1H3,(H2,28,30,31);4-10,13-16H,2-3,11-12H2,(H2,28,30,31);2,4-9,12-15H,3,10-11H2,(H2,27,29,30);4-14H,2-3H3,(H2,26,28,29)/b22-11-;22-14-;21-13-;20-12-. The molecule has 3 saturated heterocycles. The molecule has 0 radical (unpaired) electrons. The van der Waals surface area contributed by atoms with Crippen molar-refractivity contribution in [2.24, 2.45) is 5.92 Å². The molecular weight excluding hydrogens is 1760 g/mol. The van der Waals surface area contributed by atoms with Crippen LogP contribution in [0.5, 0.6) is 0 Å². The molecule has 28 nitrogen and oxygen atoms in total. The summed E-state index contributed by atoms with van der Waals surface area (Å²) >= 11 is 24.3. The lowest BCUT2D eigenvalue weighted by molar-refractivity contribution is -0.132. The van der Waals surface area contributed by atoms with Gasteiger partial charge in [0, 0.05) is 143 Å². The van der Waals surface area contributed by atoms with Crippen LogP contribution in [-0.4, -0.2) is 155 Å². The molecule has 0 spiro atoms. The van der Waals surface area contributed by atoms with Crippen LogP contribution in [0.4, 0.5) is 23.3 Å². The van der Waals surface area contributed by atoms with Gasteiger partial charge in [-0.3, -0.25) is 19.2 Å². The van der Waals surface area contributed by atoms with E-state index in [0.717, 1.165) is 130 Å². The maximum absolute atomic E-state index is 12.7. The highest BCUT2D eigenvalue weighted by atomic mass is 35.5. The van der Waals surface area contributed by atoms with Crippen LogP contribution in [0.25, 0.3) is 155 Å². The zero-order chi connectivity index (χ0) is 93.3. The highest BCUT2D eigenvalue weighted by Crippen LogP contribution is 2.41. The van der Waals surface area contributed by atoms with Crippen LogP contribution in [0.15, 0.2) is 267 Å². The Hall–Kier alpha value is -16.6. The normalized spacial score (nSPS) is 13.3. The smallest absolute Gasteiger partial charge is 0.252 e. The third-order valence-electron chi connectivity index (χ3n) is 22.5. The third-order valence-corrected chi connectivity index (χ3v) is 23.5. The van der Waals surface area contributed by atoms with Crippen LogP contribution in [0.2, 0.25) is 20.1 Å². The summed E-state index contributed by atoms with van der Waals surface area (Å²) in [4.78, 5) is 105. The molecule has 32 heteroatoms. The predicted octanol–water partition coefficient (Wildman–Crippen LogP) is 19.8. The van der Waals surface area contributed by atoms with E-state index in [1.165, 1.54) is 30.2 Å². The molecule has 19 rings (SSSR count). The van der Waals surface area contributed by atoms with Gasteiger partial charge in [0.2, 0.25) is 0 Å². The first-order chi connectivity index (χ1) is 64.4. The summed E-state index contributed by atoms with van der Waals surface area (Å²) in [5, 5.41) is 5.56. The fourth-order valence-corrected chi connectivity index (χ4v) is 16.3. The molecule has 4 amide bonds. The quantitative estimate of drug-likeness (QED) is 0.0516. The maximum Gasteiger partial charge on any atom is 0.252 e. The summed E-state index contributed by atoms with van der Waals surface area (Å²) in [6.45, 7) is 36.1. The van der Waals surface area contributed by atoms with E-state index in [-0.39, 0.29) is 46.4 Å². The molecule has 16 aromatic rings. The topological polar surface area (TPSA) is 326 Å². The largest absolute Gasteiger partial charge is 0.383 e. The Labute approximate surface area is 784 Å². The maximum atomic E-state index is 12.7. The molecule has 8 aromatic carbocycles. The second kappa shape index (κ2) is 39.6. The van der Waals surface area contributed by atoms with Crippen LogP contribution in [0.1, 0.15) is 48.4 Å². The van der Waals surface area contributed by atoms with Crippen LogP contribution in [0.3, 0.4) is 0 Å². The van der Waals surface area contributed by atoms with Gasteiger partial charge in [-0.1, -0.05) is 150 Å². The number of likely N-dealkylation sites (N-methyl/N-ethyl adjacent to an activating group) is 1. The average Bonchev–Trinajstić information content (AvgIpc) is 1.62. The zero-order valence-electron chi connectivity index (χ0n) is 71.7. The van der Waals surface area contributed by atoms with Crippen molar-refractivity contribution in [2.45, 2.75) is 26.2 Å². The van der Waals surface area contributed by atoms with Gasteiger partial charge in [-0.15, -0.1) is 0 Å². The number of hydrogen-bond donors (Lipinski definition) is 4. The van der Waals surface area contributed by atoms with Crippen LogP contribution in [-0.2, 0) is 19.2 Å². The summed E-state index contributed by atoms with van der Waals surface area (Å²) in [6, 6.07) is 60.4. The van der Waals surface area contributed by atoms with Gasteiger partial charge < -0.3 is 60.8 Å². The molecule has 8 aromatic heterocycles. The van der Waals surface area contributed by atoms with Gasteiger partial charge in [-0.2, -0.15) is 0 Å². The lowest BCUT2D eigenvalue weighted by Crippen LogP contribution is -2.48. The molecule has 0 bridgehead atoms. The number of fused-ring (bicyclic) bond motifs is 4. The number of nitrogens with zero attached hydrogens (tertiary/aromatic N) is 20. The molecule has 0 saturated carbocycles. The van der Waals surface area contributed by atoms with E-state index in [4.69, 9.17) is 95.6 Å². The van der Waals surface area contributed by atoms with Crippen molar-refractivity contribution < 1.29 is 19.2 Å². The van der Waals surface area contributed by atoms with Gasteiger partial charge in [-0.25, -0.2) is 59.3 Å². The molecule has 0 atom stereocenters. The third kappa shape index (κ3) is 19.4. The van der Waals surface area contributed by atoms with E-state index in [2.05, 4.69) is 66.2 Å². The molecule has 3 aliphatic heterocycles. The van der Waals surface area contributed by atoms with E-state index in [0.29, 0.717) is 111 Å². The highest BCUT2D eigenvalue weighted by molar-refractivity contribution is 6.32. The molecule has 3 aliphatic rings. The van der Waals surface area contributed by atoms with E-state index < -0.39 is 0 Å². The van der Waals surface area contributed by atoms with Crippen LogP contribution in [0, 0.1) is 32.2 Å². The Bertz CT molecular complexity index is 7560. The van der Waals surface area contributed by atoms with Gasteiger partial charge in [0.25, 0.3) is 46.4 Å². The van der Waals surface area contributed by atoms with Crippen molar-refractivity contribution in [3.63, 3.8) is 0 Å². The Morgan fingerprint density at radius 3 is 0.835 bits per heavy atom. The minimum Gasteiger partial charge on any atom is -0.383 e. The number of benzene rings is 8. The van der Waals surface area contributed by atoms with E-state index in [1.807, 2.05) is 237 Å². The summed E-state index contributed by atoms with van der Waals surface area (Å²) in [7, 11) is 3.23. The fraction of sp³-hybridized carbons (Fsp3) is 0.129. The number of nitrogens with two attached hydrogens (primary N) is 4. The Morgan fingerprint density at radius 2 is 0.602 bits per heavy atom. The Kier molecular flexibility index (Phi) is 26.7. The van der Waals surface area contributed by atoms with Gasteiger partial charge >= 0.3 is 0 Å². The van der Waals surface area contributed by atoms with Gasteiger partial charge in [0.05, 0.1) is 47.8 Å². The first kappa shape index (κ1) is 89.8. The highest BCUT2D eigenvalue weighted by Gasteiger charge is 2.31. The molecule has 0 aliphatic carbocycles. The summed E-state index contributed by atoms with van der Waals surface area (Å²) < 4.78 is 7.73. The lowest BCUT2D eigenvalue weighted by Gasteiger charge is -2.37. The number of nitrogen functional groups attached to an aromatic ring is 4. The summed E-state index contributed by atoms with van der Waals surface area (Å²) in [6.07, 6.45) is 23.0. The van der Waals surface area contributed by atoms with Gasteiger partial charge in [0.1, 0.15) is 48.6 Å². The average molecular weight is 1840 g/mol. The van der Waals surface area contributed by atoms with Crippen molar-refractivity contribution in [1.29, 1.82) is 0 Å². The SMILES string of the molecule is [C-]#[N+]/C(=C\c1cccc(-n2cc(-c3ccc(Cl)cc3)c3c(N)ncnc32)c1)C(=O)N(C)C.[C-]#[N+]/C(=C\c1cccc(-n2cc(-c3ccc(Cl)cc3)c3c(N)ncnc32)c1)C(=O)N1CC(C)C1.[C-]#[N+]/C(=C\c1cccc(-n2cc(-c3ccc(Cl)cc3)c3c(N)ncnc32)c1)C(=O)N1CCC1.[C-]#[N+]/C(=C\c1cccc(-n2cc(-c3ccc(Cl)cc3)c3c(N)ncnc32)c1)C(=O)N1CCCC1. The molecule has 11 heterocycles.